The zero-order valence-corrected chi connectivity index (χ0v) is 16.0. The van der Waals surface area contributed by atoms with Gasteiger partial charge in [0, 0.05) is 24.7 Å². The predicted octanol–water partition coefficient (Wildman–Crippen LogP) is 0.932. The second kappa shape index (κ2) is 8.90. The number of carbonyl (C=O) groups excluding carboxylic acids is 1. The molecule has 2 aromatic carbocycles. The molecule has 7 nitrogen and oxygen atoms in total. The van der Waals surface area contributed by atoms with Gasteiger partial charge in [-0.25, -0.2) is 13.1 Å². The Bertz CT molecular complexity index is 1040. The molecular weight excluding hydrogens is 380 g/mol. The number of rotatable bonds is 10. The van der Waals surface area contributed by atoms with Gasteiger partial charge in [0.2, 0.25) is 10.0 Å². The van der Waals surface area contributed by atoms with E-state index in [1.165, 1.54) is 0 Å². The van der Waals surface area contributed by atoms with Crippen molar-refractivity contribution in [3.05, 3.63) is 66.4 Å². The van der Waals surface area contributed by atoms with Gasteiger partial charge >= 0.3 is 0 Å². The van der Waals surface area contributed by atoms with Crippen LogP contribution >= 0.6 is 0 Å². The molecule has 0 aliphatic heterocycles. The van der Waals surface area contributed by atoms with Crippen LogP contribution in [0.4, 0.5) is 0 Å². The Kier molecular flexibility index (Phi) is 6.33. The van der Waals surface area contributed by atoms with E-state index in [0.717, 1.165) is 16.5 Å². The Morgan fingerprint density at radius 3 is 2.61 bits per heavy atom. The lowest BCUT2D eigenvalue weighted by Gasteiger charge is -2.10. The monoisotopic (exact) mass is 401 g/mol. The molecule has 28 heavy (non-hydrogen) atoms. The molecule has 0 radical (unpaired) electrons. The summed E-state index contributed by atoms with van der Waals surface area (Å²) < 4.78 is 34.1. The first-order valence-electron chi connectivity index (χ1n) is 8.86. The SMILES string of the molecule is O=C([O-])COc1cccc2c1ccn2CCNS(=O)(=O)CCc1ccccc1. The maximum atomic E-state index is 12.2. The van der Waals surface area contributed by atoms with Crippen LogP contribution in [0.1, 0.15) is 5.56 Å². The maximum absolute atomic E-state index is 12.2. The molecule has 1 aromatic heterocycles. The fourth-order valence-electron chi connectivity index (χ4n) is 2.94. The number of carboxylic acids is 1. The Hall–Kier alpha value is -2.84. The molecule has 148 valence electrons. The number of aryl methyl sites for hydroxylation is 1. The van der Waals surface area contributed by atoms with Crippen molar-refractivity contribution >= 4 is 26.9 Å². The van der Waals surface area contributed by atoms with Gasteiger partial charge in [-0.05, 0) is 30.2 Å². The van der Waals surface area contributed by atoms with Crippen LogP contribution in [-0.2, 0) is 27.8 Å². The van der Waals surface area contributed by atoms with Gasteiger partial charge in [-0.1, -0.05) is 36.4 Å². The Morgan fingerprint density at radius 1 is 1.07 bits per heavy atom. The molecule has 3 aromatic rings. The summed E-state index contributed by atoms with van der Waals surface area (Å²) in [5.41, 5.74) is 1.81. The van der Waals surface area contributed by atoms with Crippen molar-refractivity contribution in [2.24, 2.45) is 0 Å². The molecule has 0 saturated heterocycles. The van der Waals surface area contributed by atoms with Gasteiger partial charge in [-0.3, -0.25) is 0 Å². The second-order valence-corrected chi connectivity index (χ2v) is 8.23. The van der Waals surface area contributed by atoms with Crippen LogP contribution in [-0.4, -0.2) is 37.9 Å². The van der Waals surface area contributed by atoms with E-state index >= 15 is 0 Å². The highest BCUT2D eigenvalue weighted by Crippen LogP contribution is 2.26. The number of ether oxygens (including phenoxy) is 1. The second-order valence-electron chi connectivity index (χ2n) is 6.31. The number of sulfonamides is 1. The highest BCUT2D eigenvalue weighted by molar-refractivity contribution is 7.89. The van der Waals surface area contributed by atoms with E-state index in [4.69, 9.17) is 4.74 Å². The summed E-state index contributed by atoms with van der Waals surface area (Å²) in [5.74, 6) is -0.810. The molecule has 1 heterocycles. The summed E-state index contributed by atoms with van der Waals surface area (Å²) in [4.78, 5) is 10.6. The summed E-state index contributed by atoms with van der Waals surface area (Å²) in [6.45, 7) is 0.175. The molecule has 1 N–H and O–H groups in total. The first-order chi connectivity index (χ1) is 13.4. The van der Waals surface area contributed by atoms with Crippen molar-refractivity contribution in [1.29, 1.82) is 0 Å². The third-order valence-corrected chi connectivity index (χ3v) is 5.68. The molecule has 3 rings (SSSR count). The van der Waals surface area contributed by atoms with Crippen molar-refractivity contribution in [3.63, 3.8) is 0 Å². The van der Waals surface area contributed by atoms with Crippen LogP contribution < -0.4 is 14.6 Å². The molecule has 8 heteroatoms. The minimum Gasteiger partial charge on any atom is -0.546 e. The van der Waals surface area contributed by atoms with Crippen molar-refractivity contribution in [2.45, 2.75) is 13.0 Å². The number of aliphatic carboxylic acids is 1. The third kappa shape index (κ3) is 5.34. The lowest BCUT2D eigenvalue weighted by Crippen LogP contribution is -2.30. The number of carbonyl (C=O) groups is 1. The highest BCUT2D eigenvalue weighted by atomic mass is 32.2. The van der Waals surface area contributed by atoms with Gasteiger partial charge in [0.25, 0.3) is 0 Å². The quantitative estimate of drug-likeness (QED) is 0.545. The van der Waals surface area contributed by atoms with Crippen LogP contribution in [0.5, 0.6) is 5.75 Å². The zero-order chi connectivity index (χ0) is 20.0. The molecule has 0 aliphatic rings. The standard InChI is InChI=1S/C20H22N2O5S/c23-20(24)15-27-19-8-4-7-18-17(19)9-12-22(18)13-11-21-28(25,26)14-10-16-5-2-1-3-6-16/h1-9,12,21H,10-11,13-15H2,(H,23,24)/p-1. The van der Waals surface area contributed by atoms with Crippen LogP contribution in [0.25, 0.3) is 10.9 Å². The van der Waals surface area contributed by atoms with Gasteiger partial charge in [0.15, 0.2) is 0 Å². The molecule has 0 saturated carbocycles. The fourth-order valence-corrected chi connectivity index (χ4v) is 3.99. The average Bonchev–Trinajstić information content (AvgIpc) is 3.09. The number of fused-ring (bicyclic) bond motifs is 1. The lowest BCUT2D eigenvalue weighted by molar-refractivity contribution is -0.307. The molecule has 0 spiro atoms. The van der Waals surface area contributed by atoms with Gasteiger partial charge < -0.3 is 19.2 Å². The maximum Gasteiger partial charge on any atom is 0.211 e. The summed E-state index contributed by atoms with van der Waals surface area (Å²) in [5, 5.41) is 11.3. The van der Waals surface area contributed by atoms with E-state index in [2.05, 4.69) is 4.72 Å². The molecule has 0 unspecified atom stereocenters. The number of nitrogens with one attached hydrogen (secondary N) is 1. The van der Waals surface area contributed by atoms with E-state index in [1.807, 2.05) is 53.2 Å². The fraction of sp³-hybridized carbons (Fsp3) is 0.250. The molecule has 0 bridgehead atoms. The molecule has 0 amide bonds. The largest absolute Gasteiger partial charge is 0.546 e. The molecule has 0 atom stereocenters. The number of hydrogen-bond donors (Lipinski definition) is 1. The number of carboxylic acid groups (broad SMARTS) is 1. The van der Waals surface area contributed by atoms with Crippen LogP contribution in [0, 0.1) is 0 Å². The topological polar surface area (TPSA) is 100 Å². The summed E-state index contributed by atoms with van der Waals surface area (Å²) >= 11 is 0. The van der Waals surface area contributed by atoms with Crippen LogP contribution in [0.2, 0.25) is 0 Å². The van der Waals surface area contributed by atoms with Crippen molar-refractivity contribution < 1.29 is 23.1 Å². The molecule has 0 fully saturated rings. The van der Waals surface area contributed by atoms with Crippen molar-refractivity contribution in [2.75, 3.05) is 18.9 Å². The third-order valence-electron chi connectivity index (χ3n) is 4.30. The van der Waals surface area contributed by atoms with E-state index in [0.29, 0.717) is 18.7 Å². The summed E-state index contributed by atoms with van der Waals surface area (Å²) in [6.07, 6.45) is 2.27. The number of aromatic nitrogens is 1. The number of benzene rings is 2. The molecular formula is C20H21N2O5S-. The predicted molar refractivity (Wildman–Crippen MR) is 104 cm³/mol. The minimum absolute atomic E-state index is 0.0324. The number of nitrogens with zero attached hydrogens (tertiary/aromatic N) is 1. The Balaban J connectivity index is 1.57. The Morgan fingerprint density at radius 2 is 1.86 bits per heavy atom. The Labute approximate surface area is 163 Å². The lowest BCUT2D eigenvalue weighted by atomic mass is 10.2. The van der Waals surface area contributed by atoms with Gasteiger partial charge in [0.05, 0.1) is 17.2 Å². The van der Waals surface area contributed by atoms with Gasteiger partial charge in [0.1, 0.15) is 12.4 Å². The van der Waals surface area contributed by atoms with Gasteiger partial charge in [-0.2, -0.15) is 0 Å². The average molecular weight is 401 g/mol. The van der Waals surface area contributed by atoms with Gasteiger partial charge in [-0.15, -0.1) is 0 Å². The van der Waals surface area contributed by atoms with E-state index in [1.54, 1.807) is 12.1 Å². The smallest absolute Gasteiger partial charge is 0.211 e. The van der Waals surface area contributed by atoms with Crippen molar-refractivity contribution in [3.8, 4) is 5.75 Å². The summed E-state index contributed by atoms with van der Waals surface area (Å²) in [6, 6.07) is 16.6. The first kappa shape index (κ1) is 19.9. The number of hydrogen-bond acceptors (Lipinski definition) is 5. The zero-order valence-electron chi connectivity index (χ0n) is 15.2. The van der Waals surface area contributed by atoms with E-state index in [9.17, 15) is 18.3 Å². The van der Waals surface area contributed by atoms with E-state index < -0.39 is 22.6 Å². The minimum atomic E-state index is -3.37. The molecule has 0 aliphatic carbocycles. The van der Waals surface area contributed by atoms with Crippen LogP contribution in [0.15, 0.2) is 60.8 Å². The van der Waals surface area contributed by atoms with E-state index in [-0.39, 0.29) is 12.3 Å². The first-order valence-corrected chi connectivity index (χ1v) is 10.5. The van der Waals surface area contributed by atoms with Crippen LogP contribution in [0.3, 0.4) is 0 Å². The normalized spacial score (nSPS) is 11.6. The van der Waals surface area contributed by atoms with Crippen molar-refractivity contribution in [1.82, 2.24) is 9.29 Å². The summed E-state index contributed by atoms with van der Waals surface area (Å²) in [7, 11) is -3.37. The highest BCUT2D eigenvalue weighted by Gasteiger charge is 2.11.